The van der Waals surface area contributed by atoms with Crippen LogP contribution in [0.4, 0.5) is 5.82 Å². The second-order valence-corrected chi connectivity index (χ2v) is 10.5. The van der Waals surface area contributed by atoms with Crippen LogP contribution in [0, 0.1) is 5.92 Å². The zero-order valence-corrected chi connectivity index (χ0v) is 21.2. The van der Waals surface area contributed by atoms with Gasteiger partial charge in [-0.3, -0.25) is 14.3 Å². The van der Waals surface area contributed by atoms with Crippen molar-refractivity contribution in [1.29, 1.82) is 0 Å². The van der Waals surface area contributed by atoms with Crippen LogP contribution in [-0.2, 0) is 11.2 Å². The first-order valence-corrected chi connectivity index (χ1v) is 12.6. The van der Waals surface area contributed by atoms with Gasteiger partial charge in [-0.15, -0.1) is 0 Å². The van der Waals surface area contributed by atoms with Gasteiger partial charge in [0.1, 0.15) is 5.82 Å². The molecule has 2 aliphatic rings. The number of piperazine rings is 1. The lowest BCUT2D eigenvalue weighted by Gasteiger charge is -2.37. The molecule has 2 aliphatic heterocycles. The van der Waals surface area contributed by atoms with Gasteiger partial charge in [-0.1, -0.05) is 12.1 Å². The lowest BCUT2D eigenvalue weighted by molar-refractivity contribution is -0.136. The molecule has 1 aromatic carbocycles. The van der Waals surface area contributed by atoms with Gasteiger partial charge < -0.3 is 21.3 Å². The zero-order chi connectivity index (χ0) is 25.2. The van der Waals surface area contributed by atoms with Crippen LogP contribution in [0.1, 0.15) is 32.8 Å². The third-order valence-corrected chi connectivity index (χ3v) is 7.25. The zero-order valence-electron chi connectivity index (χ0n) is 21.2. The van der Waals surface area contributed by atoms with Crippen molar-refractivity contribution < 1.29 is 4.79 Å². The van der Waals surface area contributed by atoms with E-state index in [4.69, 9.17) is 11.5 Å². The number of nitrogens with zero attached hydrogens (tertiary/aromatic N) is 5. The Kier molecular flexibility index (Phi) is 7.59. The first-order valence-electron chi connectivity index (χ1n) is 12.6. The Morgan fingerprint density at radius 2 is 1.80 bits per heavy atom. The molecule has 0 spiro atoms. The van der Waals surface area contributed by atoms with E-state index in [2.05, 4.69) is 28.9 Å². The predicted octanol–water partition coefficient (Wildman–Crippen LogP) is 0.830. The Labute approximate surface area is 207 Å². The number of anilines is 1. The smallest absolute Gasteiger partial charge is 0.353 e. The fourth-order valence-electron chi connectivity index (χ4n) is 5.03. The number of hydrogen-bond acceptors (Lipinski definition) is 7. The van der Waals surface area contributed by atoms with Gasteiger partial charge in [-0.05, 0) is 76.4 Å². The number of benzene rings is 1. The van der Waals surface area contributed by atoms with E-state index < -0.39 is 5.54 Å². The number of hydrogen-bond donors (Lipinski definition) is 2. The molecule has 4 rings (SSSR count). The van der Waals surface area contributed by atoms with E-state index in [0.29, 0.717) is 44.0 Å². The van der Waals surface area contributed by atoms with E-state index in [1.165, 1.54) is 12.0 Å². The fraction of sp³-hybridized carbons (Fsp3) is 0.577. The van der Waals surface area contributed by atoms with Gasteiger partial charge >= 0.3 is 5.69 Å². The van der Waals surface area contributed by atoms with Crippen molar-refractivity contribution in [2.45, 2.75) is 45.2 Å². The molecule has 190 valence electrons. The number of carbonyl (C=O) groups excluding carboxylic acids is 1. The number of aromatic nitrogens is 2. The third kappa shape index (κ3) is 5.91. The second kappa shape index (κ2) is 10.5. The van der Waals surface area contributed by atoms with Crippen molar-refractivity contribution in [3.8, 4) is 5.69 Å². The molecule has 1 amide bonds. The van der Waals surface area contributed by atoms with Gasteiger partial charge in [0.05, 0.1) is 11.2 Å². The molecule has 2 fully saturated rings. The number of likely N-dealkylation sites (tertiary alicyclic amines) is 1. The Hall–Kier alpha value is -2.75. The van der Waals surface area contributed by atoms with Crippen LogP contribution in [0.5, 0.6) is 0 Å². The molecule has 3 heterocycles. The van der Waals surface area contributed by atoms with Crippen LogP contribution in [0.2, 0.25) is 0 Å². The maximum atomic E-state index is 12.8. The summed E-state index contributed by atoms with van der Waals surface area (Å²) in [5, 5.41) is 0. The highest BCUT2D eigenvalue weighted by atomic mass is 16.2. The summed E-state index contributed by atoms with van der Waals surface area (Å²) in [5.41, 5.74) is 12.7. The summed E-state index contributed by atoms with van der Waals surface area (Å²) < 4.78 is 1.57. The average molecular weight is 482 g/mol. The van der Waals surface area contributed by atoms with E-state index in [9.17, 15) is 9.59 Å². The van der Waals surface area contributed by atoms with E-state index >= 15 is 0 Å². The molecule has 4 N–H and O–H groups in total. The van der Waals surface area contributed by atoms with Crippen LogP contribution in [0.25, 0.3) is 5.69 Å². The van der Waals surface area contributed by atoms with E-state index in [0.717, 1.165) is 31.7 Å². The molecule has 2 saturated heterocycles. The minimum absolute atomic E-state index is 0.0569. The largest absolute Gasteiger partial charge is 0.354 e. The van der Waals surface area contributed by atoms with E-state index in [1.807, 2.05) is 23.1 Å². The lowest BCUT2D eigenvalue weighted by atomic mass is 10.0. The quantitative estimate of drug-likeness (QED) is 0.602. The highest BCUT2D eigenvalue weighted by molar-refractivity contribution is 5.85. The van der Waals surface area contributed by atoms with Crippen LogP contribution in [-0.4, -0.2) is 82.7 Å². The fourth-order valence-corrected chi connectivity index (χ4v) is 5.03. The van der Waals surface area contributed by atoms with Crippen molar-refractivity contribution in [1.82, 2.24) is 19.4 Å². The molecule has 9 heteroatoms. The topological polar surface area (TPSA) is 114 Å². The molecule has 2 atom stereocenters. The molecule has 1 aromatic heterocycles. The van der Waals surface area contributed by atoms with Gasteiger partial charge in [0.2, 0.25) is 5.91 Å². The molecule has 2 aromatic rings. The van der Waals surface area contributed by atoms with Gasteiger partial charge in [0, 0.05) is 45.0 Å². The highest BCUT2D eigenvalue weighted by Crippen LogP contribution is 2.20. The Morgan fingerprint density at radius 3 is 2.37 bits per heavy atom. The SMILES string of the molecule is CC(Cc1ccc(-n2ccc(N3CCN(C(=O)C(C)(C)N)CC3)nc2=O)cc1)N1CCC(CN)C1. The molecule has 35 heavy (non-hydrogen) atoms. The van der Waals surface area contributed by atoms with Crippen LogP contribution >= 0.6 is 0 Å². The first kappa shape index (κ1) is 25.3. The molecule has 0 bridgehead atoms. The van der Waals surface area contributed by atoms with Gasteiger partial charge in [-0.2, -0.15) is 4.98 Å². The summed E-state index contributed by atoms with van der Waals surface area (Å²) in [5.74, 6) is 1.20. The van der Waals surface area contributed by atoms with Crippen molar-refractivity contribution >= 4 is 11.7 Å². The Balaban J connectivity index is 1.36. The molecule has 2 unspecified atom stereocenters. The second-order valence-electron chi connectivity index (χ2n) is 10.5. The minimum Gasteiger partial charge on any atom is -0.353 e. The van der Waals surface area contributed by atoms with Gasteiger partial charge in [-0.25, -0.2) is 4.79 Å². The summed E-state index contributed by atoms with van der Waals surface area (Å²) in [6.07, 6.45) is 3.94. The maximum absolute atomic E-state index is 12.8. The monoisotopic (exact) mass is 481 g/mol. The molecule has 9 nitrogen and oxygen atoms in total. The van der Waals surface area contributed by atoms with Crippen molar-refractivity contribution in [3.63, 3.8) is 0 Å². The predicted molar refractivity (Wildman–Crippen MR) is 139 cm³/mol. The van der Waals surface area contributed by atoms with Crippen LogP contribution in [0.3, 0.4) is 0 Å². The highest BCUT2D eigenvalue weighted by Gasteiger charge is 2.30. The number of rotatable bonds is 7. The molecule has 0 radical (unpaired) electrons. The molecule has 0 aliphatic carbocycles. The summed E-state index contributed by atoms with van der Waals surface area (Å²) in [6.45, 7) is 11.0. The van der Waals surface area contributed by atoms with Gasteiger partial charge in [0.15, 0.2) is 0 Å². The first-order chi connectivity index (χ1) is 16.7. The average Bonchev–Trinajstić information content (AvgIpc) is 3.33. The summed E-state index contributed by atoms with van der Waals surface area (Å²) in [6, 6.07) is 10.5. The Morgan fingerprint density at radius 1 is 1.11 bits per heavy atom. The number of nitrogens with two attached hydrogens (primary N) is 2. The van der Waals surface area contributed by atoms with Crippen molar-refractivity contribution in [2.75, 3.05) is 50.7 Å². The van der Waals surface area contributed by atoms with Crippen molar-refractivity contribution in [3.05, 3.63) is 52.6 Å². The standard InChI is InChI=1S/C26H39N7O2/c1-19(32-10-8-21(17-27)18-32)16-20-4-6-22(7-5-20)33-11-9-23(29-25(33)35)30-12-14-31(15-13-30)24(34)26(2,3)28/h4-7,9,11,19,21H,8,10,12-18,27-28H2,1-3H3. The number of amides is 1. The van der Waals surface area contributed by atoms with Crippen molar-refractivity contribution in [2.24, 2.45) is 17.4 Å². The normalized spacial score (nSPS) is 20.3. The Bertz CT molecular complexity index is 1070. The maximum Gasteiger partial charge on any atom is 0.354 e. The van der Waals surface area contributed by atoms with Crippen LogP contribution < -0.4 is 22.1 Å². The summed E-state index contributed by atoms with van der Waals surface area (Å²) in [4.78, 5) is 35.9. The van der Waals surface area contributed by atoms with Crippen LogP contribution in [0.15, 0.2) is 41.3 Å². The third-order valence-electron chi connectivity index (χ3n) is 7.25. The molecular weight excluding hydrogens is 442 g/mol. The van der Waals surface area contributed by atoms with E-state index in [-0.39, 0.29) is 11.6 Å². The van der Waals surface area contributed by atoms with E-state index in [1.54, 1.807) is 29.5 Å². The molecule has 0 saturated carbocycles. The minimum atomic E-state index is -0.879. The summed E-state index contributed by atoms with van der Waals surface area (Å²) >= 11 is 0. The van der Waals surface area contributed by atoms with Gasteiger partial charge in [0.25, 0.3) is 0 Å². The molecular formula is C26H39N7O2. The number of carbonyl (C=O) groups is 1. The summed E-state index contributed by atoms with van der Waals surface area (Å²) in [7, 11) is 0. The lowest BCUT2D eigenvalue weighted by Crippen LogP contribution is -2.57.